The molecule has 1 unspecified atom stereocenters. The average Bonchev–Trinajstić information content (AvgIpc) is 2.72. The van der Waals surface area contributed by atoms with E-state index in [1.165, 1.54) is 6.33 Å². The van der Waals surface area contributed by atoms with Gasteiger partial charge in [-0.1, -0.05) is 0 Å². The highest BCUT2D eigenvalue weighted by Crippen LogP contribution is 2.25. The van der Waals surface area contributed by atoms with Gasteiger partial charge in [-0.05, 0) is 31.6 Å². The van der Waals surface area contributed by atoms with E-state index in [2.05, 4.69) is 14.9 Å². The van der Waals surface area contributed by atoms with Gasteiger partial charge in [-0.2, -0.15) is 0 Å². The molecule has 28 heavy (non-hydrogen) atoms. The predicted molar refractivity (Wildman–Crippen MR) is 104 cm³/mol. The van der Waals surface area contributed by atoms with Crippen LogP contribution in [0.1, 0.15) is 32.6 Å². The topological polar surface area (TPSA) is 99.1 Å². The Balaban J connectivity index is 1.58. The third-order valence-corrected chi connectivity index (χ3v) is 5.73. The van der Waals surface area contributed by atoms with Crippen molar-refractivity contribution < 1.29 is 19.4 Å². The second-order valence-corrected chi connectivity index (χ2v) is 7.55. The first kappa shape index (κ1) is 20.2. The fraction of sp³-hybridized carbons (Fsp3) is 0.684. The second-order valence-electron chi connectivity index (χ2n) is 7.55. The summed E-state index contributed by atoms with van der Waals surface area (Å²) in [6, 6.07) is 1.79. The Labute approximate surface area is 165 Å². The van der Waals surface area contributed by atoms with E-state index in [1.807, 2.05) is 4.90 Å². The lowest BCUT2D eigenvalue weighted by atomic mass is 9.95. The average molecular weight is 391 g/mol. The zero-order valence-electron chi connectivity index (χ0n) is 16.6. The molecule has 1 aromatic heterocycles. The van der Waals surface area contributed by atoms with Crippen molar-refractivity contribution in [2.24, 2.45) is 5.92 Å². The van der Waals surface area contributed by atoms with Crippen LogP contribution in [-0.2, 0) is 4.79 Å². The SMILES string of the molecule is COc1cc(N2CCC(N(CC3CCCN(C(C)=O)C3)C(=O)O)CC2)ncn1. The van der Waals surface area contributed by atoms with Gasteiger partial charge in [0.15, 0.2) is 0 Å². The summed E-state index contributed by atoms with van der Waals surface area (Å²) in [6.45, 7) is 4.97. The number of rotatable bonds is 5. The van der Waals surface area contributed by atoms with Crippen molar-refractivity contribution in [3.63, 3.8) is 0 Å². The second kappa shape index (κ2) is 9.07. The number of carbonyl (C=O) groups is 2. The van der Waals surface area contributed by atoms with Gasteiger partial charge in [0.1, 0.15) is 12.1 Å². The van der Waals surface area contributed by atoms with Crippen LogP contribution in [0.25, 0.3) is 0 Å². The molecule has 1 aromatic rings. The summed E-state index contributed by atoms with van der Waals surface area (Å²) in [7, 11) is 1.57. The molecule has 0 spiro atoms. The van der Waals surface area contributed by atoms with E-state index in [-0.39, 0.29) is 17.9 Å². The number of amides is 2. The molecule has 0 aliphatic carbocycles. The number of ether oxygens (including phenoxy) is 1. The molecule has 0 radical (unpaired) electrons. The third-order valence-electron chi connectivity index (χ3n) is 5.73. The molecular weight excluding hydrogens is 362 g/mol. The van der Waals surface area contributed by atoms with Gasteiger partial charge in [-0.3, -0.25) is 4.79 Å². The van der Waals surface area contributed by atoms with Crippen molar-refractivity contribution in [2.45, 2.75) is 38.6 Å². The molecule has 2 aliphatic rings. The first-order chi connectivity index (χ1) is 13.5. The number of nitrogens with zero attached hydrogens (tertiary/aromatic N) is 5. The number of hydrogen-bond donors (Lipinski definition) is 1. The van der Waals surface area contributed by atoms with Gasteiger partial charge in [0.05, 0.1) is 7.11 Å². The number of anilines is 1. The standard InChI is InChI=1S/C19H29N5O4/c1-14(25)23-7-3-4-15(11-23)12-24(19(26)27)16-5-8-22(9-6-16)17-10-18(28-2)21-13-20-17/h10,13,15-16H,3-9,11-12H2,1-2H3,(H,26,27). The van der Waals surface area contributed by atoms with Crippen LogP contribution in [0, 0.1) is 5.92 Å². The van der Waals surface area contributed by atoms with Gasteiger partial charge < -0.3 is 24.5 Å². The van der Waals surface area contributed by atoms with E-state index >= 15 is 0 Å². The van der Waals surface area contributed by atoms with Crippen molar-refractivity contribution >= 4 is 17.8 Å². The van der Waals surface area contributed by atoms with Crippen molar-refractivity contribution in [1.29, 1.82) is 0 Å². The molecule has 1 N–H and O–H groups in total. The van der Waals surface area contributed by atoms with Crippen molar-refractivity contribution in [3.05, 3.63) is 12.4 Å². The van der Waals surface area contributed by atoms with E-state index in [1.54, 1.807) is 25.0 Å². The third kappa shape index (κ3) is 4.82. The highest BCUT2D eigenvalue weighted by molar-refractivity contribution is 5.73. The number of methoxy groups -OCH3 is 1. The first-order valence-corrected chi connectivity index (χ1v) is 9.84. The molecule has 0 saturated carbocycles. The molecule has 2 fully saturated rings. The van der Waals surface area contributed by atoms with Crippen molar-refractivity contribution in [2.75, 3.05) is 44.7 Å². The summed E-state index contributed by atoms with van der Waals surface area (Å²) in [5, 5.41) is 9.78. The summed E-state index contributed by atoms with van der Waals surface area (Å²) in [4.78, 5) is 37.5. The Hall–Kier alpha value is -2.58. The number of likely N-dealkylation sites (tertiary alicyclic amines) is 1. The maximum Gasteiger partial charge on any atom is 0.407 e. The zero-order chi connectivity index (χ0) is 20.1. The fourth-order valence-corrected chi connectivity index (χ4v) is 4.18. The van der Waals surface area contributed by atoms with Gasteiger partial charge in [0, 0.05) is 51.8 Å². The minimum atomic E-state index is -0.873. The Kier molecular flexibility index (Phi) is 6.53. The highest BCUT2D eigenvalue weighted by Gasteiger charge is 2.32. The van der Waals surface area contributed by atoms with E-state index < -0.39 is 6.09 Å². The van der Waals surface area contributed by atoms with Crippen LogP contribution in [0.5, 0.6) is 5.88 Å². The van der Waals surface area contributed by atoms with E-state index in [0.717, 1.165) is 51.1 Å². The van der Waals surface area contributed by atoms with Gasteiger partial charge in [0.25, 0.3) is 0 Å². The molecule has 2 amide bonds. The molecule has 9 heteroatoms. The number of carbonyl (C=O) groups excluding carboxylic acids is 1. The van der Waals surface area contributed by atoms with Gasteiger partial charge in [-0.25, -0.2) is 14.8 Å². The number of hydrogen-bond acceptors (Lipinski definition) is 6. The molecule has 154 valence electrons. The Morgan fingerprint density at radius 2 is 2.00 bits per heavy atom. The maximum atomic E-state index is 11.9. The summed E-state index contributed by atoms with van der Waals surface area (Å²) < 4.78 is 5.15. The Bertz CT molecular complexity index is 693. The molecule has 9 nitrogen and oxygen atoms in total. The summed E-state index contributed by atoms with van der Waals surface area (Å²) >= 11 is 0. The molecule has 1 atom stereocenters. The molecule has 2 saturated heterocycles. The molecule has 2 aliphatic heterocycles. The molecule has 3 heterocycles. The zero-order valence-corrected chi connectivity index (χ0v) is 16.6. The molecule has 0 aromatic carbocycles. The minimum Gasteiger partial charge on any atom is -0.481 e. The van der Waals surface area contributed by atoms with E-state index in [4.69, 9.17) is 4.74 Å². The highest BCUT2D eigenvalue weighted by atomic mass is 16.5. The quantitative estimate of drug-likeness (QED) is 0.815. The smallest absolute Gasteiger partial charge is 0.407 e. The number of piperidine rings is 2. The van der Waals surface area contributed by atoms with Crippen LogP contribution >= 0.6 is 0 Å². The normalized spacial score (nSPS) is 20.7. The lowest BCUT2D eigenvalue weighted by Crippen LogP contribution is -2.51. The van der Waals surface area contributed by atoms with Crippen LogP contribution in [0.2, 0.25) is 0 Å². The van der Waals surface area contributed by atoms with Crippen LogP contribution in [0.4, 0.5) is 10.6 Å². The molecule has 0 bridgehead atoms. The van der Waals surface area contributed by atoms with Crippen LogP contribution in [-0.4, -0.2) is 82.8 Å². The monoisotopic (exact) mass is 391 g/mol. The Morgan fingerprint density at radius 1 is 1.25 bits per heavy atom. The first-order valence-electron chi connectivity index (χ1n) is 9.84. The van der Waals surface area contributed by atoms with E-state index in [0.29, 0.717) is 19.0 Å². The van der Waals surface area contributed by atoms with Crippen LogP contribution < -0.4 is 9.64 Å². The van der Waals surface area contributed by atoms with Gasteiger partial charge >= 0.3 is 6.09 Å². The Morgan fingerprint density at radius 3 is 2.64 bits per heavy atom. The molecule has 3 rings (SSSR count). The van der Waals surface area contributed by atoms with Gasteiger partial charge in [0.2, 0.25) is 11.8 Å². The summed E-state index contributed by atoms with van der Waals surface area (Å²) in [5.74, 6) is 1.60. The minimum absolute atomic E-state index is 0.00909. The predicted octanol–water partition coefficient (Wildman–Crippen LogP) is 1.69. The summed E-state index contributed by atoms with van der Waals surface area (Å²) in [5.41, 5.74) is 0. The molecular formula is C19H29N5O4. The lowest BCUT2D eigenvalue weighted by molar-refractivity contribution is -0.130. The summed E-state index contributed by atoms with van der Waals surface area (Å²) in [6.07, 6.45) is 4.01. The largest absolute Gasteiger partial charge is 0.481 e. The van der Waals surface area contributed by atoms with Crippen LogP contribution in [0.3, 0.4) is 0 Å². The lowest BCUT2D eigenvalue weighted by Gasteiger charge is -2.40. The maximum absolute atomic E-state index is 11.9. The van der Waals surface area contributed by atoms with Crippen LogP contribution in [0.15, 0.2) is 12.4 Å². The fourth-order valence-electron chi connectivity index (χ4n) is 4.18. The van der Waals surface area contributed by atoms with Gasteiger partial charge in [-0.15, -0.1) is 0 Å². The number of carboxylic acid groups (broad SMARTS) is 1. The number of aromatic nitrogens is 2. The van der Waals surface area contributed by atoms with Crippen molar-refractivity contribution in [3.8, 4) is 5.88 Å². The van der Waals surface area contributed by atoms with Crippen molar-refractivity contribution in [1.82, 2.24) is 19.8 Å². The van der Waals surface area contributed by atoms with E-state index in [9.17, 15) is 14.7 Å².